The Kier molecular flexibility index (Phi) is 6.71. The van der Waals surface area contributed by atoms with Crippen LogP contribution in [0, 0.1) is 20.8 Å². The largest absolute Gasteiger partial charge is 0.497 e. The van der Waals surface area contributed by atoms with E-state index in [0.717, 1.165) is 66.1 Å². The Bertz CT molecular complexity index is 2420. The standard InChI is InChI=1S/C42H32F3NO2/c1-25-10-16-33-36(22-25)40-35(18-19-41(48-40,28-8-6-5-7-9-28)29-12-14-32(47-4)15-13-29)39-38(33)34-17-11-26(2)23-37(34)46(39)31-21-27(3)20-30(24-31)42(43,44)45/h5-24H,1-4H3. The number of methoxy groups -OCH3 is 1. The highest BCUT2D eigenvalue weighted by molar-refractivity contribution is 6.25. The molecule has 238 valence electrons. The normalized spacial score (nSPS) is 16.0. The van der Waals surface area contributed by atoms with Gasteiger partial charge in [-0.2, -0.15) is 13.2 Å². The van der Waals surface area contributed by atoms with Gasteiger partial charge in [0.2, 0.25) is 0 Å². The first-order chi connectivity index (χ1) is 23.1. The zero-order valence-corrected chi connectivity index (χ0v) is 26.9. The minimum Gasteiger partial charge on any atom is -0.497 e. The molecule has 0 N–H and O–H groups in total. The molecule has 7 aromatic rings. The predicted octanol–water partition coefficient (Wildman–Crippen LogP) is 11.2. The second-order valence-electron chi connectivity index (χ2n) is 12.7. The Balaban J connectivity index is 1.52. The lowest BCUT2D eigenvalue weighted by Crippen LogP contribution is -2.34. The second kappa shape index (κ2) is 10.8. The van der Waals surface area contributed by atoms with Crippen molar-refractivity contribution >= 4 is 38.7 Å². The number of benzene rings is 6. The van der Waals surface area contributed by atoms with Gasteiger partial charge in [-0.3, -0.25) is 0 Å². The first kappa shape index (κ1) is 29.9. The van der Waals surface area contributed by atoms with Crippen LogP contribution in [-0.4, -0.2) is 11.7 Å². The van der Waals surface area contributed by atoms with Crippen LogP contribution in [0.2, 0.25) is 0 Å². The van der Waals surface area contributed by atoms with Crippen LogP contribution in [0.15, 0.2) is 115 Å². The summed E-state index contributed by atoms with van der Waals surface area (Å²) >= 11 is 0. The molecule has 1 aromatic heterocycles. The summed E-state index contributed by atoms with van der Waals surface area (Å²) in [6, 6.07) is 34.7. The van der Waals surface area contributed by atoms with Crippen LogP contribution < -0.4 is 9.47 Å². The van der Waals surface area contributed by atoms with Crippen LogP contribution >= 0.6 is 0 Å². The lowest BCUT2D eigenvalue weighted by Gasteiger charge is -2.37. The van der Waals surface area contributed by atoms with Gasteiger partial charge in [-0.15, -0.1) is 0 Å². The Hall–Kier alpha value is -5.49. The van der Waals surface area contributed by atoms with Gasteiger partial charge in [0, 0.05) is 38.5 Å². The van der Waals surface area contributed by atoms with E-state index in [1.54, 1.807) is 14.0 Å². The van der Waals surface area contributed by atoms with Crippen molar-refractivity contribution in [1.82, 2.24) is 4.57 Å². The minimum absolute atomic E-state index is 0.449. The summed E-state index contributed by atoms with van der Waals surface area (Å²) in [5, 5.41) is 3.85. The predicted molar refractivity (Wildman–Crippen MR) is 187 cm³/mol. The van der Waals surface area contributed by atoms with Crippen molar-refractivity contribution in [2.24, 2.45) is 0 Å². The zero-order chi connectivity index (χ0) is 33.4. The summed E-state index contributed by atoms with van der Waals surface area (Å²) in [4.78, 5) is 0. The summed E-state index contributed by atoms with van der Waals surface area (Å²) in [7, 11) is 1.64. The van der Waals surface area contributed by atoms with Gasteiger partial charge in [0.1, 0.15) is 11.5 Å². The van der Waals surface area contributed by atoms with Crippen molar-refractivity contribution in [3.05, 3.63) is 154 Å². The van der Waals surface area contributed by atoms with Crippen molar-refractivity contribution in [2.75, 3.05) is 7.11 Å². The summed E-state index contributed by atoms with van der Waals surface area (Å²) in [6.07, 6.45) is -0.336. The number of alkyl halides is 3. The van der Waals surface area contributed by atoms with Gasteiger partial charge in [-0.05, 0) is 91.9 Å². The van der Waals surface area contributed by atoms with Gasteiger partial charge < -0.3 is 14.0 Å². The van der Waals surface area contributed by atoms with E-state index in [0.29, 0.717) is 17.0 Å². The van der Waals surface area contributed by atoms with Gasteiger partial charge in [0.15, 0.2) is 5.60 Å². The molecule has 8 rings (SSSR count). The lowest BCUT2D eigenvalue weighted by atomic mass is 9.82. The van der Waals surface area contributed by atoms with Gasteiger partial charge >= 0.3 is 6.18 Å². The van der Waals surface area contributed by atoms with E-state index < -0.39 is 17.3 Å². The number of rotatable bonds is 4. The molecule has 3 nitrogen and oxygen atoms in total. The van der Waals surface area contributed by atoms with E-state index in [-0.39, 0.29) is 0 Å². The van der Waals surface area contributed by atoms with Crippen molar-refractivity contribution in [2.45, 2.75) is 32.5 Å². The molecule has 2 heterocycles. The van der Waals surface area contributed by atoms with E-state index in [9.17, 15) is 13.2 Å². The smallest absolute Gasteiger partial charge is 0.416 e. The van der Waals surface area contributed by atoms with Crippen molar-refractivity contribution in [1.29, 1.82) is 0 Å². The number of hydrogen-bond donors (Lipinski definition) is 0. The highest BCUT2D eigenvalue weighted by Gasteiger charge is 2.39. The third-order valence-electron chi connectivity index (χ3n) is 9.43. The molecule has 1 atom stereocenters. The first-order valence-corrected chi connectivity index (χ1v) is 15.9. The molecule has 0 fully saturated rings. The molecule has 0 bridgehead atoms. The first-order valence-electron chi connectivity index (χ1n) is 15.9. The second-order valence-corrected chi connectivity index (χ2v) is 12.7. The summed E-state index contributed by atoms with van der Waals surface area (Å²) in [5.74, 6) is 1.41. The van der Waals surface area contributed by atoms with Crippen molar-refractivity contribution in [3.63, 3.8) is 0 Å². The minimum atomic E-state index is -4.49. The Morgan fingerprint density at radius 2 is 1.38 bits per heavy atom. The fraction of sp³-hybridized carbons (Fsp3) is 0.143. The van der Waals surface area contributed by atoms with Crippen molar-refractivity contribution < 1.29 is 22.6 Å². The maximum atomic E-state index is 14.2. The fourth-order valence-electron chi connectivity index (χ4n) is 7.23. The SMILES string of the molecule is COc1ccc(C2(c3ccccc3)C=Cc3c(c4cc(C)ccc4c4c5ccc(C)cc5n(-c5cc(C)cc(C(F)(F)F)c5)c34)O2)cc1. The monoisotopic (exact) mass is 639 g/mol. The number of fused-ring (bicyclic) bond motifs is 8. The van der Waals surface area contributed by atoms with E-state index in [4.69, 9.17) is 9.47 Å². The molecule has 0 radical (unpaired) electrons. The van der Waals surface area contributed by atoms with Crippen LogP contribution in [-0.2, 0) is 11.8 Å². The number of halogens is 3. The number of ether oxygens (including phenoxy) is 2. The number of aromatic nitrogens is 1. The molecule has 0 amide bonds. The molecule has 1 aliphatic rings. The highest BCUT2D eigenvalue weighted by atomic mass is 19.4. The molecule has 6 aromatic carbocycles. The molecule has 0 saturated heterocycles. The van der Waals surface area contributed by atoms with Crippen LogP contribution in [0.4, 0.5) is 13.2 Å². The topological polar surface area (TPSA) is 23.4 Å². The van der Waals surface area contributed by atoms with Crippen LogP contribution in [0.1, 0.15) is 38.9 Å². The molecular formula is C42H32F3NO2. The summed E-state index contributed by atoms with van der Waals surface area (Å²) in [6.45, 7) is 5.76. The van der Waals surface area contributed by atoms with Crippen LogP contribution in [0.5, 0.6) is 11.5 Å². The average molecular weight is 640 g/mol. The lowest BCUT2D eigenvalue weighted by molar-refractivity contribution is -0.137. The molecule has 1 unspecified atom stereocenters. The van der Waals surface area contributed by atoms with E-state index in [1.165, 1.54) is 12.1 Å². The quantitative estimate of drug-likeness (QED) is 0.191. The third kappa shape index (κ3) is 4.58. The number of nitrogens with zero attached hydrogens (tertiary/aromatic N) is 1. The van der Waals surface area contributed by atoms with Gasteiger partial charge in [-0.1, -0.05) is 72.3 Å². The van der Waals surface area contributed by atoms with Gasteiger partial charge in [0.05, 0.1) is 23.7 Å². The molecule has 6 heteroatoms. The van der Waals surface area contributed by atoms with E-state index in [1.807, 2.05) is 60.0 Å². The summed E-state index contributed by atoms with van der Waals surface area (Å²) in [5.41, 5.74) is 5.72. The number of hydrogen-bond acceptors (Lipinski definition) is 2. The average Bonchev–Trinajstić information content (AvgIpc) is 3.42. The number of aryl methyl sites for hydroxylation is 3. The van der Waals surface area contributed by atoms with Crippen molar-refractivity contribution in [3.8, 4) is 17.2 Å². The molecule has 1 aliphatic heterocycles. The van der Waals surface area contributed by atoms with E-state index >= 15 is 0 Å². The van der Waals surface area contributed by atoms with E-state index in [2.05, 4.69) is 67.6 Å². The zero-order valence-electron chi connectivity index (χ0n) is 26.9. The Morgan fingerprint density at radius 1 is 0.688 bits per heavy atom. The van der Waals surface area contributed by atoms with Gasteiger partial charge in [-0.25, -0.2) is 0 Å². The fourth-order valence-corrected chi connectivity index (χ4v) is 7.23. The van der Waals surface area contributed by atoms with Crippen LogP contribution in [0.3, 0.4) is 0 Å². The third-order valence-corrected chi connectivity index (χ3v) is 9.43. The molecule has 0 saturated carbocycles. The molecule has 48 heavy (non-hydrogen) atoms. The Morgan fingerprint density at radius 3 is 2.08 bits per heavy atom. The Labute approximate surface area is 276 Å². The maximum absolute atomic E-state index is 14.2. The highest BCUT2D eigenvalue weighted by Crippen LogP contribution is 2.51. The maximum Gasteiger partial charge on any atom is 0.416 e. The summed E-state index contributed by atoms with van der Waals surface area (Å²) < 4.78 is 57.4. The molecular weight excluding hydrogens is 607 g/mol. The van der Waals surface area contributed by atoms with Gasteiger partial charge in [0.25, 0.3) is 0 Å². The van der Waals surface area contributed by atoms with Crippen LogP contribution in [0.25, 0.3) is 44.3 Å². The molecule has 0 aliphatic carbocycles. The molecule has 0 spiro atoms.